The van der Waals surface area contributed by atoms with Gasteiger partial charge in [0.15, 0.2) is 0 Å². The zero-order valence-corrected chi connectivity index (χ0v) is 11.5. The SMILES string of the molecule is CCCCOc1ccc(C[C@H](CC(=O)[O-])C(=O)[O-])cc1. The Balaban J connectivity index is 2.58. The lowest BCUT2D eigenvalue weighted by Crippen LogP contribution is -2.37. The highest BCUT2D eigenvalue weighted by atomic mass is 16.5. The van der Waals surface area contributed by atoms with Gasteiger partial charge >= 0.3 is 0 Å². The molecule has 0 aromatic heterocycles. The molecule has 1 rings (SSSR count). The molecule has 0 saturated carbocycles. The lowest BCUT2D eigenvalue weighted by atomic mass is 9.96. The fourth-order valence-corrected chi connectivity index (χ4v) is 1.78. The average molecular weight is 278 g/mol. The third kappa shape index (κ3) is 5.73. The van der Waals surface area contributed by atoms with Gasteiger partial charge in [-0.05, 0) is 37.0 Å². The van der Waals surface area contributed by atoms with Gasteiger partial charge in [0.05, 0.1) is 6.61 Å². The Morgan fingerprint density at radius 1 is 1.20 bits per heavy atom. The molecule has 5 heteroatoms. The molecule has 0 unspecified atom stereocenters. The third-order valence-electron chi connectivity index (χ3n) is 2.92. The van der Waals surface area contributed by atoms with Crippen LogP contribution in [0.4, 0.5) is 0 Å². The quantitative estimate of drug-likeness (QED) is 0.589. The molecule has 0 amide bonds. The summed E-state index contributed by atoms with van der Waals surface area (Å²) in [5.74, 6) is -3.13. The van der Waals surface area contributed by atoms with Gasteiger partial charge in [-0.3, -0.25) is 0 Å². The Labute approximate surface area is 118 Å². The molecule has 0 radical (unpaired) electrons. The number of carboxylic acids is 2. The molecular formula is C15H18O5-2. The Morgan fingerprint density at radius 2 is 1.85 bits per heavy atom. The molecule has 1 atom stereocenters. The van der Waals surface area contributed by atoms with E-state index in [0.29, 0.717) is 12.4 Å². The first kappa shape index (κ1) is 16.0. The van der Waals surface area contributed by atoms with Crippen LogP contribution in [0.25, 0.3) is 0 Å². The van der Waals surface area contributed by atoms with Crippen LogP contribution in [-0.2, 0) is 16.0 Å². The van der Waals surface area contributed by atoms with E-state index in [0.717, 1.165) is 18.4 Å². The summed E-state index contributed by atoms with van der Waals surface area (Å²) in [5.41, 5.74) is 0.725. The highest BCUT2D eigenvalue weighted by Crippen LogP contribution is 2.17. The molecule has 0 aliphatic heterocycles. The lowest BCUT2D eigenvalue weighted by Gasteiger charge is -2.18. The Morgan fingerprint density at radius 3 is 2.35 bits per heavy atom. The second kappa shape index (κ2) is 8.19. The third-order valence-corrected chi connectivity index (χ3v) is 2.92. The Kier molecular flexibility index (Phi) is 6.56. The predicted octanol–water partition coefficient (Wildman–Crippen LogP) is -0.0859. The van der Waals surface area contributed by atoms with Gasteiger partial charge in [-0.15, -0.1) is 0 Å². The molecule has 0 heterocycles. The second-order valence-corrected chi connectivity index (χ2v) is 4.64. The molecule has 0 spiro atoms. The van der Waals surface area contributed by atoms with Crippen LogP contribution in [0.15, 0.2) is 24.3 Å². The topological polar surface area (TPSA) is 89.5 Å². The van der Waals surface area contributed by atoms with Crippen molar-refractivity contribution >= 4 is 11.9 Å². The molecule has 110 valence electrons. The molecular weight excluding hydrogens is 260 g/mol. The van der Waals surface area contributed by atoms with E-state index in [1.807, 2.05) is 0 Å². The predicted molar refractivity (Wildman–Crippen MR) is 68.7 cm³/mol. The zero-order chi connectivity index (χ0) is 15.0. The van der Waals surface area contributed by atoms with Crippen LogP contribution in [0.5, 0.6) is 5.75 Å². The summed E-state index contributed by atoms with van der Waals surface area (Å²) in [6.07, 6.45) is 1.58. The summed E-state index contributed by atoms with van der Waals surface area (Å²) < 4.78 is 5.49. The van der Waals surface area contributed by atoms with Gasteiger partial charge in [0.1, 0.15) is 5.75 Å². The van der Waals surface area contributed by atoms with Crippen molar-refractivity contribution in [1.29, 1.82) is 0 Å². The summed E-state index contributed by atoms with van der Waals surface area (Å²) in [5, 5.41) is 21.3. The summed E-state index contributed by atoms with van der Waals surface area (Å²) in [6, 6.07) is 6.95. The van der Waals surface area contributed by atoms with E-state index in [2.05, 4.69) is 6.92 Å². The highest BCUT2D eigenvalue weighted by molar-refractivity contribution is 5.75. The minimum atomic E-state index is -1.39. The largest absolute Gasteiger partial charge is 0.550 e. The number of ether oxygens (including phenoxy) is 1. The van der Waals surface area contributed by atoms with Crippen LogP contribution in [0.2, 0.25) is 0 Å². The Bertz CT molecular complexity index is 438. The normalized spacial score (nSPS) is 11.8. The first-order chi connectivity index (χ1) is 9.52. The van der Waals surface area contributed by atoms with Gasteiger partial charge in [0, 0.05) is 17.9 Å². The summed E-state index contributed by atoms with van der Waals surface area (Å²) in [4.78, 5) is 21.3. The number of benzene rings is 1. The number of carbonyl (C=O) groups excluding carboxylic acids is 2. The van der Waals surface area contributed by atoms with E-state index in [1.54, 1.807) is 24.3 Å². The van der Waals surface area contributed by atoms with Gasteiger partial charge in [-0.1, -0.05) is 25.5 Å². The maximum atomic E-state index is 10.9. The van der Waals surface area contributed by atoms with E-state index in [9.17, 15) is 19.8 Å². The monoisotopic (exact) mass is 278 g/mol. The van der Waals surface area contributed by atoms with E-state index in [-0.39, 0.29) is 6.42 Å². The van der Waals surface area contributed by atoms with Crippen molar-refractivity contribution in [3.63, 3.8) is 0 Å². The first-order valence-corrected chi connectivity index (χ1v) is 6.65. The molecule has 0 aliphatic rings. The fourth-order valence-electron chi connectivity index (χ4n) is 1.78. The van der Waals surface area contributed by atoms with E-state index in [1.165, 1.54) is 0 Å². The number of hydrogen-bond acceptors (Lipinski definition) is 5. The maximum Gasteiger partial charge on any atom is 0.119 e. The van der Waals surface area contributed by atoms with Crippen molar-refractivity contribution in [2.45, 2.75) is 32.6 Å². The number of aliphatic carboxylic acids is 2. The summed E-state index contributed by atoms with van der Waals surface area (Å²) in [7, 11) is 0. The maximum absolute atomic E-state index is 10.9. The van der Waals surface area contributed by atoms with Gasteiger partial charge in [-0.2, -0.15) is 0 Å². The van der Waals surface area contributed by atoms with Crippen molar-refractivity contribution in [3.05, 3.63) is 29.8 Å². The van der Waals surface area contributed by atoms with Crippen LogP contribution in [-0.4, -0.2) is 18.5 Å². The molecule has 5 nitrogen and oxygen atoms in total. The van der Waals surface area contributed by atoms with Gasteiger partial charge in [0.2, 0.25) is 0 Å². The molecule has 1 aromatic carbocycles. The van der Waals surface area contributed by atoms with E-state index >= 15 is 0 Å². The minimum Gasteiger partial charge on any atom is -0.550 e. The van der Waals surface area contributed by atoms with Crippen LogP contribution in [0.1, 0.15) is 31.7 Å². The van der Waals surface area contributed by atoms with Crippen LogP contribution < -0.4 is 14.9 Å². The number of unbranched alkanes of at least 4 members (excludes halogenated alkanes) is 1. The van der Waals surface area contributed by atoms with Crippen LogP contribution >= 0.6 is 0 Å². The number of carboxylic acid groups (broad SMARTS) is 2. The van der Waals surface area contributed by atoms with Crippen molar-refractivity contribution in [1.82, 2.24) is 0 Å². The van der Waals surface area contributed by atoms with E-state index in [4.69, 9.17) is 4.74 Å². The minimum absolute atomic E-state index is 0.103. The van der Waals surface area contributed by atoms with Crippen LogP contribution in [0, 0.1) is 5.92 Å². The number of carbonyl (C=O) groups is 2. The fraction of sp³-hybridized carbons (Fsp3) is 0.467. The standard InChI is InChI=1S/C15H20O5/c1-2-3-8-20-13-6-4-11(5-7-13)9-12(15(18)19)10-14(16)17/h4-7,12H,2-3,8-10H2,1H3,(H,16,17)(H,18,19)/p-2/t12-/m1/s1. The molecule has 1 aromatic rings. The number of rotatable bonds is 9. The molecule has 0 N–H and O–H groups in total. The molecule has 20 heavy (non-hydrogen) atoms. The summed E-state index contributed by atoms with van der Waals surface area (Å²) >= 11 is 0. The molecule has 0 fully saturated rings. The second-order valence-electron chi connectivity index (χ2n) is 4.64. The van der Waals surface area contributed by atoms with Crippen molar-refractivity contribution in [2.24, 2.45) is 5.92 Å². The lowest BCUT2D eigenvalue weighted by molar-refractivity contribution is -0.320. The Hall–Kier alpha value is -2.04. The van der Waals surface area contributed by atoms with Gasteiger partial charge in [0.25, 0.3) is 0 Å². The zero-order valence-electron chi connectivity index (χ0n) is 11.5. The van der Waals surface area contributed by atoms with Crippen molar-refractivity contribution in [2.75, 3.05) is 6.61 Å². The molecule has 0 aliphatic carbocycles. The van der Waals surface area contributed by atoms with Crippen LogP contribution in [0.3, 0.4) is 0 Å². The van der Waals surface area contributed by atoms with Crippen molar-refractivity contribution < 1.29 is 24.5 Å². The molecule has 0 saturated heterocycles. The first-order valence-electron chi connectivity index (χ1n) is 6.65. The highest BCUT2D eigenvalue weighted by Gasteiger charge is 2.11. The number of hydrogen-bond donors (Lipinski definition) is 0. The average Bonchev–Trinajstić information content (AvgIpc) is 2.39. The smallest absolute Gasteiger partial charge is 0.119 e. The van der Waals surface area contributed by atoms with Crippen molar-refractivity contribution in [3.8, 4) is 5.75 Å². The van der Waals surface area contributed by atoms with Gasteiger partial charge < -0.3 is 24.5 Å². The van der Waals surface area contributed by atoms with E-state index < -0.39 is 24.3 Å². The summed E-state index contributed by atoms with van der Waals surface area (Å²) in [6.45, 7) is 2.71. The van der Waals surface area contributed by atoms with Gasteiger partial charge in [-0.25, -0.2) is 0 Å². The molecule has 0 bridgehead atoms.